The highest BCUT2D eigenvalue weighted by molar-refractivity contribution is 5.72. The van der Waals surface area contributed by atoms with Crippen LogP contribution in [0.3, 0.4) is 0 Å². The van der Waals surface area contributed by atoms with E-state index in [-0.39, 0.29) is 5.97 Å². The second-order valence-corrected chi connectivity index (χ2v) is 19.2. The molecule has 0 saturated carbocycles. The molecule has 0 unspecified atom stereocenters. The van der Waals surface area contributed by atoms with E-state index in [1.165, 1.54) is 295 Å². The van der Waals surface area contributed by atoms with Crippen molar-refractivity contribution >= 4 is 5.97 Å². The third-order valence-electron chi connectivity index (χ3n) is 13.2. The van der Waals surface area contributed by atoms with E-state index in [9.17, 15) is 4.79 Å². The number of hydrogen-bond donors (Lipinski definition) is 0. The Morgan fingerprint density at radius 1 is 0.288 bits per heavy atom. The maximum atomic E-state index is 11.9. The fourth-order valence-electron chi connectivity index (χ4n) is 9.15. The highest BCUT2D eigenvalue weighted by atomic mass is 16.5. The van der Waals surface area contributed by atoms with Crippen molar-refractivity contribution in [3.05, 3.63) is 30.3 Å². The molecule has 0 atom stereocenters. The van der Waals surface area contributed by atoms with Crippen molar-refractivity contribution in [1.82, 2.24) is 0 Å². The minimum Gasteiger partial charge on any atom is -0.427 e. The monoisotopic (exact) mass is 823 g/mol. The van der Waals surface area contributed by atoms with Gasteiger partial charge in [-0.1, -0.05) is 327 Å². The Labute approximate surface area is 371 Å². The van der Waals surface area contributed by atoms with Crippen LogP contribution in [0.25, 0.3) is 0 Å². The van der Waals surface area contributed by atoms with Crippen LogP contribution in [0.15, 0.2) is 30.3 Å². The van der Waals surface area contributed by atoms with Gasteiger partial charge in [-0.2, -0.15) is 0 Å². The predicted molar refractivity (Wildman–Crippen MR) is 264 cm³/mol. The number of benzene rings is 1. The number of rotatable bonds is 50. The summed E-state index contributed by atoms with van der Waals surface area (Å²) >= 11 is 0. The van der Waals surface area contributed by atoms with Gasteiger partial charge < -0.3 is 4.74 Å². The van der Waals surface area contributed by atoms with Crippen LogP contribution in [0.2, 0.25) is 0 Å². The lowest BCUT2D eigenvalue weighted by Crippen LogP contribution is -2.07. The molecule has 2 heteroatoms. The molecule has 2 nitrogen and oxygen atoms in total. The number of carbonyl (C=O) groups excluding carboxylic acids is 1. The van der Waals surface area contributed by atoms with Gasteiger partial charge in [-0.05, 0) is 18.6 Å². The Hall–Kier alpha value is -1.31. The highest BCUT2D eigenvalue weighted by Crippen LogP contribution is 2.19. The van der Waals surface area contributed by atoms with E-state index < -0.39 is 0 Å². The maximum Gasteiger partial charge on any atom is 0.311 e. The van der Waals surface area contributed by atoms with E-state index in [1.807, 2.05) is 30.3 Å². The molecule has 1 aromatic rings. The molecule has 0 heterocycles. The first-order chi connectivity index (χ1) is 29.3. The molecule has 0 bridgehead atoms. The zero-order valence-electron chi connectivity index (χ0n) is 40.4. The normalized spacial score (nSPS) is 11.5. The fraction of sp³-hybridized carbons (Fsp3) is 0.877. The number of carbonyl (C=O) groups is 1. The largest absolute Gasteiger partial charge is 0.427 e. The summed E-state index contributed by atoms with van der Waals surface area (Å²) in [6.07, 6.45) is 69.8. The first kappa shape index (κ1) is 55.7. The Bertz CT molecular complexity index is 910. The summed E-state index contributed by atoms with van der Waals surface area (Å²) in [7, 11) is 0. The zero-order valence-corrected chi connectivity index (χ0v) is 40.4. The van der Waals surface area contributed by atoms with Gasteiger partial charge in [0.05, 0.1) is 0 Å². The molecule has 0 amide bonds. The van der Waals surface area contributed by atoms with Crippen molar-refractivity contribution in [1.29, 1.82) is 0 Å². The first-order valence-electron chi connectivity index (χ1n) is 27.6. The van der Waals surface area contributed by atoms with Crippen LogP contribution in [0.1, 0.15) is 322 Å². The minimum atomic E-state index is -0.0985. The summed E-state index contributed by atoms with van der Waals surface area (Å²) in [5.74, 6) is 0.559. The lowest BCUT2D eigenvalue weighted by Gasteiger charge is -2.05. The number of ether oxygens (including phenoxy) is 1. The van der Waals surface area contributed by atoms with Crippen LogP contribution in [0.4, 0.5) is 0 Å². The molecule has 0 spiro atoms. The van der Waals surface area contributed by atoms with Gasteiger partial charge in [0.2, 0.25) is 0 Å². The van der Waals surface area contributed by atoms with Gasteiger partial charge in [-0.15, -0.1) is 0 Å². The van der Waals surface area contributed by atoms with Gasteiger partial charge in [-0.25, -0.2) is 0 Å². The van der Waals surface area contributed by atoms with Crippen LogP contribution in [0, 0.1) is 0 Å². The van der Waals surface area contributed by atoms with Crippen LogP contribution in [-0.2, 0) is 4.79 Å². The molecule has 1 aromatic carbocycles. The van der Waals surface area contributed by atoms with Gasteiger partial charge in [-0.3, -0.25) is 4.79 Å². The summed E-state index contributed by atoms with van der Waals surface area (Å²) in [6, 6.07) is 9.41. The molecule has 0 N–H and O–H groups in total. The van der Waals surface area contributed by atoms with E-state index in [0.717, 1.165) is 12.8 Å². The minimum absolute atomic E-state index is 0.0985. The van der Waals surface area contributed by atoms with Crippen LogP contribution in [-0.4, -0.2) is 5.97 Å². The van der Waals surface area contributed by atoms with E-state index in [1.54, 1.807) is 0 Å². The number of para-hydroxylation sites is 1. The highest BCUT2D eigenvalue weighted by Gasteiger charge is 2.04. The third-order valence-corrected chi connectivity index (χ3v) is 13.2. The molecule has 0 saturated heterocycles. The van der Waals surface area contributed by atoms with E-state index in [2.05, 4.69) is 6.92 Å². The molecule has 0 aliphatic heterocycles. The maximum absolute atomic E-state index is 11.9. The molecule has 0 fully saturated rings. The quantitative estimate of drug-likeness (QED) is 0.0372. The lowest BCUT2D eigenvalue weighted by atomic mass is 10.0. The smallest absolute Gasteiger partial charge is 0.311 e. The van der Waals surface area contributed by atoms with Crippen molar-refractivity contribution < 1.29 is 9.53 Å². The average molecular weight is 823 g/mol. The summed E-state index contributed by atoms with van der Waals surface area (Å²) in [5, 5.41) is 0. The molecule has 0 aliphatic rings. The van der Waals surface area contributed by atoms with Crippen molar-refractivity contribution in [2.24, 2.45) is 0 Å². The van der Waals surface area contributed by atoms with Gasteiger partial charge >= 0.3 is 5.97 Å². The van der Waals surface area contributed by atoms with Crippen molar-refractivity contribution in [3.63, 3.8) is 0 Å². The van der Waals surface area contributed by atoms with E-state index in [0.29, 0.717) is 12.2 Å². The molecular weight excluding hydrogens is 717 g/mol. The molecule has 59 heavy (non-hydrogen) atoms. The molecule has 0 aromatic heterocycles. The summed E-state index contributed by atoms with van der Waals surface area (Å²) in [4.78, 5) is 11.9. The number of esters is 1. The lowest BCUT2D eigenvalue weighted by molar-refractivity contribution is -0.134. The van der Waals surface area contributed by atoms with Crippen LogP contribution in [0.5, 0.6) is 5.75 Å². The van der Waals surface area contributed by atoms with Crippen molar-refractivity contribution in [2.45, 2.75) is 322 Å². The second kappa shape index (κ2) is 49.3. The second-order valence-electron chi connectivity index (χ2n) is 19.2. The van der Waals surface area contributed by atoms with E-state index in [4.69, 9.17) is 4.74 Å². The predicted octanol–water partition coefficient (Wildman–Crippen LogP) is 20.7. The van der Waals surface area contributed by atoms with Gasteiger partial charge in [0.15, 0.2) is 0 Å². The van der Waals surface area contributed by atoms with Gasteiger partial charge in [0.25, 0.3) is 0 Å². The van der Waals surface area contributed by atoms with Crippen molar-refractivity contribution in [3.8, 4) is 5.75 Å². The van der Waals surface area contributed by atoms with E-state index >= 15 is 0 Å². The third kappa shape index (κ3) is 46.0. The Balaban J connectivity index is 1.61. The standard InChI is InChI=1S/C57H106O2/c1-2-3-4-5-6-7-8-9-10-11-12-13-14-15-16-17-18-19-20-21-22-23-24-25-26-27-28-29-30-31-32-33-34-35-36-37-38-39-40-41-42-43-44-45-46-47-48-52-55-57(58)59-56-53-50-49-51-54-56/h49-51,53-54H,2-48,52,55H2,1H3. The summed E-state index contributed by atoms with van der Waals surface area (Å²) < 4.78 is 5.36. The Morgan fingerprint density at radius 3 is 0.678 bits per heavy atom. The summed E-state index contributed by atoms with van der Waals surface area (Å²) in [5.41, 5.74) is 0. The topological polar surface area (TPSA) is 26.3 Å². The first-order valence-corrected chi connectivity index (χ1v) is 27.6. The Kier molecular flexibility index (Phi) is 46.6. The molecule has 0 radical (unpaired) electrons. The van der Waals surface area contributed by atoms with Crippen LogP contribution >= 0.6 is 0 Å². The molecule has 1 rings (SSSR count). The molecule has 0 aliphatic carbocycles. The number of hydrogen-bond acceptors (Lipinski definition) is 2. The van der Waals surface area contributed by atoms with Crippen LogP contribution < -0.4 is 4.74 Å². The SMILES string of the molecule is CCCCCCCCCCCCCCCCCCCCCCCCCCCCCCCCCCCCCCCCCCCCCCCCCCC(=O)Oc1ccccc1. The zero-order chi connectivity index (χ0) is 42.0. The molecule has 346 valence electrons. The molecular formula is C57H106O2. The van der Waals surface area contributed by atoms with Crippen molar-refractivity contribution in [2.75, 3.05) is 0 Å². The Morgan fingerprint density at radius 2 is 0.475 bits per heavy atom. The average Bonchev–Trinajstić information content (AvgIpc) is 3.25. The van der Waals surface area contributed by atoms with Gasteiger partial charge in [0.1, 0.15) is 5.75 Å². The van der Waals surface area contributed by atoms with Gasteiger partial charge in [0, 0.05) is 6.42 Å². The summed E-state index contributed by atoms with van der Waals surface area (Å²) in [6.45, 7) is 2.31. The number of unbranched alkanes of at least 4 members (excludes halogenated alkanes) is 47. The fourth-order valence-corrected chi connectivity index (χ4v) is 9.15.